The van der Waals surface area contributed by atoms with Crippen molar-refractivity contribution in [3.63, 3.8) is 0 Å². The molecule has 0 bridgehead atoms. The molecule has 3 atom stereocenters. The standard InChI is InChI=1S/C20H31F2N3O6/c1-11(2)9-14(25-19(30)31-13-3-6-20(21,22)7-4-13)17(27)24-15(18(28)29)10-12-5-8-23-16(12)26/h11-15H,3-10H2,1-2H3,(H,23,26)(H,24,27)(H,25,30)(H,28,29)/t12-,14-,15-/m0/s1. The summed E-state index contributed by atoms with van der Waals surface area (Å²) in [7, 11) is 0. The number of alkyl halides is 2. The van der Waals surface area contributed by atoms with Crippen LogP contribution in [0.1, 0.15) is 58.8 Å². The van der Waals surface area contributed by atoms with Gasteiger partial charge in [-0.15, -0.1) is 0 Å². The van der Waals surface area contributed by atoms with E-state index in [9.17, 15) is 33.1 Å². The Morgan fingerprint density at radius 2 is 1.81 bits per heavy atom. The van der Waals surface area contributed by atoms with Gasteiger partial charge in [-0.1, -0.05) is 13.8 Å². The summed E-state index contributed by atoms with van der Waals surface area (Å²) in [5, 5.41) is 16.9. The molecule has 11 heteroatoms. The topological polar surface area (TPSA) is 134 Å². The van der Waals surface area contributed by atoms with E-state index in [0.29, 0.717) is 13.0 Å². The van der Waals surface area contributed by atoms with Crippen molar-refractivity contribution >= 4 is 23.9 Å². The number of nitrogens with one attached hydrogen (secondary N) is 3. The quantitative estimate of drug-likeness (QED) is 0.426. The minimum atomic E-state index is -2.75. The van der Waals surface area contributed by atoms with Crippen LogP contribution in [-0.2, 0) is 19.1 Å². The predicted molar refractivity (Wildman–Crippen MR) is 105 cm³/mol. The molecule has 1 aliphatic heterocycles. The van der Waals surface area contributed by atoms with Gasteiger partial charge in [0.1, 0.15) is 18.2 Å². The van der Waals surface area contributed by atoms with Crippen molar-refractivity contribution < 1.29 is 37.8 Å². The molecule has 2 aliphatic rings. The zero-order valence-electron chi connectivity index (χ0n) is 17.8. The van der Waals surface area contributed by atoms with Gasteiger partial charge < -0.3 is 25.8 Å². The van der Waals surface area contributed by atoms with E-state index in [1.165, 1.54) is 0 Å². The Bertz CT molecular complexity index is 678. The Morgan fingerprint density at radius 3 is 2.32 bits per heavy atom. The van der Waals surface area contributed by atoms with Crippen molar-refractivity contribution in [3.05, 3.63) is 0 Å². The second-order valence-corrected chi connectivity index (χ2v) is 8.70. The number of rotatable bonds is 9. The maximum atomic E-state index is 13.2. The fourth-order valence-corrected chi connectivity index (χ4v) is 3.81. The van der Waals surface area contributed by atoms with Crippen molar-refractivity contribution in [3.8, 4) is 0 Å². The summed E-state index contributed by atoms with van der Waals surface area (Å²) in [6.07, 6.45) is -1.57. The molecule has 31 heavy (non-hydrogen) atoms. The second-order valence-electron chi connectivity index (χ2n) is 8.70. The largest absolute Gasteiger partial charge is 0.480 e. The molecule has 1 saturated heterocycles. The molecular weight excluding hydrogens is 416 g/mol. The molecule has 0 aromatic carbocycles. The number of halogens is 2. The number of hydrogen-bond donors (Lipinski definition) is 4. The molecule has 1 heterocycles. The van der Waals surface area contributed by atoms with Crippen molar-refractivity contribution in [2.45, 2.75) is 82.9 Å². The molecule has 9 nitrogen and oxygen atoms in total. The van der Waals surface area contributed by atoms with Crippen LogP contribution in [0.15, 0.2) is 0 Å². The van der Waals surface area contributed by atoms with Crippen LogP contribution in [0.5, 0.6) is 0 Å². The van der Waals surface area contributed by atoms with E-state index in [4.69, 9.17) is 4.74 Å². The molecule has 2 rings (SSSR count). The van der Waals surface area contributed by atoms with E-state index in [-0.39, 0.29) is 50.4 Å². The third kappa shape index (κ3) is 7.95. The molecule has 0 aromatic heterocycles. The third-order valence-corrected chi connectivity index (χ3v) is 5.55. The predicted octanol–water partition coefficient (Wildman–Crippen LogP) is 1.80. The molecule has 0 unspecified atom stereocenters. The highest BCUT2D eigenvalue weighted by Gasteiger charge is 2.37. The summed E-state index contributed by atoms with van der Waals surface area (Å²) < 4.78 is 31.7. The summed E-state index contributed by atoms with van der Waals surface area (Å²) in [5.41, 5.74) is 0. The average molecular weight is 447 g/mol. The number of carbonyl (C=O) groups is 4. The van der Waals surface area contributed by atoms with Gasteiger partial charge in [-0.05, 0) is 38.0 Å². The monoisotopic (exact) mass is 447 g/mol. The smallest absolute Gasteiger partial charge is 0.408 e. The Morgan fingerprint density at radius 1 is 1.16 bits per heavy atom. The fraction of sp³-hybridized carbons (Fsp3) is 0.800. The van der Waals surface area contributed by atoms with Crippen LogP contribution in [0, 0.1) is 11.8 Å². The first-order valence-corrected chi connectivity index (χ1v) is 10.6. The van der Waals surface area contributed by atoms with Crippen LogP contribution in [0.3, 0.4) is 0 Å². The molecule has 1 aliphatic carbocycles. The molecule has 0 aromatic rings. The summed E-state index contributed by atoms with van der Waals surface area (Å²) in [4.78, 5) is 48.3. The van der Waals surface area contributed by atoms with Crippen molar-refractivity contribution in [2.75, 3.05) is 6.54 Å². The SMILES string of the molecule is CC(C)C[C@H](NC(=O)OC1CCC(F)(F)CC1)C(=O)N[C@@H](C[C@@H]1CCNC1=O)C(=O)O. The van der Waals surface area contributed by atoms with Crippen LogP contribution in [0.4, 0.5) is 13.6 Å². The van der Waals surface area contributed by atoms with Crippen molar-refractivity contribution in [1.82, 2.24) is 16.0 Å². The van der Waals surface area contributed by atoms with Crippen molar-refractivity contribution in [1.29, 1.82) is 0 Å². The Balaban J connectivity index is 1.94. The normalized spacial score (nSPS) is 23.0. The van der Waals surface area contributed by atoms with E-state index < -0.39 is 48.0 Å². The highest BCUT2D eigenvalue weighted by molar-refractivity contribution is 5.90. The van der Waals surface area contributed by atoms with Gasteiger partial charge in [-0.2, -0.15) is 0 Å². The molecule has 2 fully saturated rings. The van der Waals surface area contributed by atoms with E-state index >= 15 is 0 Å². The first-order valence-electron chi connectivity index (χ1n) is 10.6. The molecule has 4 N–H and O–H groups in total. The van der Waals surface area contributed by atoms with E-state index in [1.807, 2.05) is 13.8 Å². The van der Waals surface area contributed by atoms with Gasteiger partial charge in [-0.25, -0.2) is 18.4 Å². The lowest BCUT2D eigenvalue weighted by Crippen LogP contribution is -2.53. The minimum absolute atomic E-state index is 0.00619. The molecule has 3 amide bonds. The van der Waals surface area contributed by atoms with Crippen molar-refractivity contribution in [2.24, 2.45) is 11.8 Å². The number of carbonyl (C=O) groups excluding carboxylic acids is 3. The van der Waals surface area contributed by atoms with Crippen LogP contribution in [0.25, 0.3) is 0 Å². The van der Waals surface area contributed by atoms with Crippen LogP contribution in [0.2, 0.25) is 0 Å². The number of ether oxygens (including phenoxy) is 1. The minimum Gasteiger partial charge on any atom is -0.480 e. The highest BCUT2D eigenvalue weighted by atomic mass is 19.3. The summed E-state index contributed by atoms with van der Waals surface area (Å²) in [5.74, 6) is -5.49. The number of aliphatic carboxylic acids is 1. The first kappa shape index (κ1) is 24.8. The number of amides is 3. The van der Waals surface area contributed by atoms with Crippen LogP contribution >= 0.6 is 0 Å². The van der Waals surface area contributed by atoms with Gasteiger partial charge in [0, 0.05) is 25.3 Å². The first-order chi connectivity index (χ1) is 14.5. The number of alkyl carbamates (subject to hydrolysis) is 1. The fourth-order valence-electron chi connectivity index (χ4n) is 3.81. The van der Waals surface area contributed by atoms with E-state index in [2.05, 4.69) is 16.0 Å². The Hall–Kier alpha value is -2.46. The summed E-state index contributed by atoms with van der Waals surface area (Å²) >= 11 is 0. The highest BCUT2D eigenvalue weighted by Crippen LogP contribution is 2.34. The van der Waals surface area contributed by atoms with E-state index in [1.54, 1.807) is 0 Å². The van der Waals surface area contributed by atoms with Crippen LogP contribution in [-0.4, -0.2) is 59.6 Å². The Labute approximate surface area is 179 Å². The Kier molecular flexibility index (Phi) is 8.58. The van der Waals surface area contributed by atoms with Gasteiger partial charge in [0.15, 0.2) is 0 Å². The molecule has 176 valence electrons. The second kappa shape index (κ2) is 10.7. The number of carboxylic acid groups (broad SMARTS) is 1. The number of carboxylic acids is 1. The number of hydrogen-bond acceptors (Lipinski definition) is 5. The van der Waals surface area contributed by atoms with Gasteiger partial charge in [-0.3, -0.25) is 9.59 Å². The van der Waals surface area contributed by atoms with Gasteiger partial charge in [0.2, 0.25) is 17.7 Å². The lowest BCUT2D eigenvalue weighted by atomic mass is 9.94. The van der Waals surface area contributed by atoms with Crippen LogP contribution < -0.4 is 16.0 Å². The lowest BCUT2D eigenvalue weighted by molar-refractivity contribution is -0.143. The lowest BCUT2D eigenvalue weighted by Gasteiger charge is -2.29. The molecule has 0 radical (unpaired) electrons. The molecular formula is C20H31F2N3O6. The maximum Gasteiger partial charge on any atom is 0.408 e. The zero-order chi connectivity index (χ0) is 23.2. The average Bonchev–Trinajstić information content (AvgIpc) is 3.06. The summed E-state index contributed by atoms with van der Waals surface area (Å²) in [6.45, 7) is 4.11. The zero-order valence-corrected chi connectivity index (χ0v) is 17.8. The van der Waals surface area contributed by atoms with E-state index in [0.717, 1.165) is 0 Å². The van der Waals surface area contributed by atoms with Gasteiger partial charge in [0.05, 0.1) is 0 Å². The molecule has 0 spiro atoms. The third-order valence-electron chi connectivity index (χ3n) is 5.55. The summed E-state index contributed by atoms with van der Waals surface area (Å²) in [6, 6.07) is -2.34. The molecule has 1 saturated carbocycles. The maximum absolute atomic E-state index is 13.2. The van der Waals surface area contributed by atoms with Gasteiger partial charge in [0.25, 0.3) is 0 Å². The van der Waals surface area contributed by atoms with Gasteiger partial charge >= 0.3 is 12.1 Å².